The lowest BCUT2D eigenvalue weighted by Crippen LogP contribution is -2.48. The van der Waals surface area contributed by atoms with Crippen molar-refractivity contribution in [1.29, 1.82) is 0 Å². The minimum atomic E-state index is -0.281. The number of nitrogens with one attached hydrogen (secondary N) is 1. The summed E-state index contributed by atoms with van der Waals surface area (Å²) < 4.78 is 5.34. The second-order valence-corrected chi connectivity index (χ2v) is 7.60. The molecule has 0 spiro atoms. The molecule has 6 heteroatoms. The highest BCUT2D eigenvalue weighted by Crippen LogP contribution is 2.23. The summed E-state index contributed by atoms with van der Waals surface area (Å²) >= 11 is 0. The maximum absolute atomic E-state index is 12.3. The molecule has 0 aromatic heterocycles. The van der Waals surface area contributed by atoms with Gasteiger partial charge in [0.25, 0.3) is 0 Å². The molecule has 2 aliphatic rings. The van der Waals surface area contributed by atoms with E-state index in [2.05, 4.69) is 22.3 Å². The van der Waals surface area contributed by atoms with E-state index in [4.69, 9.17) is 4.74 Å². The Morgan fingerprint density at radius 3 is 2.56 bits per heavy atom. The first-order valence-corrected chi connectivity index (χ1v) is 10.3. The number of carbonyl (C=O) groups is 1. The van der Waals surface area contributed by atoms with Gasteiger partial charge in [0.2, 0.25) is 0 Å². The number of aliphatic hydroxyl groups is 1. The minimum Gasteiger partial charge on any atom is -0.393 e. The monoisotopic (exact) mass is 375 g/mol. The first kappa shape index (κ1) is 20.1. The van der Waals surface area contributed by atoms with Crippen LogP contribution in [0, 0.1) is 5.92 Å². The highest BCUT2D eigenvalue weighted by molar-refractivity contribution is 5.74. The van der Waals surface area contributed by atoms with Gasteiger partial charge in [0.1, 0.15) is 0 Å². The van der Waals surface area contributed by atoms with Crippen LogP contribution < -0.4 is 5.32 Å². The Morgan fingerprint density at radius 1 is 1.15 bits per heavy atom. The van der Waals surface area contributed by atoms with E-state index < -0.39 is 0 Å². The van der Waals surface area contributed by atoms with Crippen LogP contribution in [0.4, 0.5) is 4.79 Å². The maximum atomic E-state index is 12.3. The van der Waals surface area contributed by atoms with Crippen LogP contribution in [-0.2, 0) is 11.2 Å². The molecule has 2 amide bonds. The molecule has 2 N–H and O–H groups in total. The summed E-state index contributed by atoms with van der Waals surface area (Å²) in [5.41, 5.74) is 1.27. The first-order chi connectivity index (χ1) is 13.2. The van der Waals surface area contributed by atoms with Crippen molar-refractivity contribution in [2.45, 2.75) is 31.8 Å². The summed E-state index contributed by atoms with van der Waals surface area (Å²) in [6, 6.07) is 10.3. The number of rotatable bonds is 7. The van der Waals surface area contributed by atoms with E-state index in [0.717, 1.165) is 71.6 Å². The molecule has 0 aliphatic carbocycles. The lowest BCUT2D eigenvalue weighted by Gasteiger charge is -2.34. The predicted octanol–water partition coefficient (Wildman–Crippen LogP) is 1.73. The first-order valence-electron chi connectivity index (χ1n) is 10.3. The molecule has 0 bridgehead atoms. The van der Waals surface area contributed by atoms with E-state index >= 15 is 0 Å². The number of benzene rings is 1. The van der Waals surface area contributed by atoms with Crippen molar-refractivity contribution < 1.29 is 14.6 Å². The third kappa shape index (κ3) is 6.48. The molecular weight excluding hydrogens is 342 g/mol. The molecule has 0 saturated carbocycles. The average Bonchev–Trinajstić information content (AvgIpc) is 2.73. The van der Waals surface area contributed by atoms with Crippen LogP contribution in [-0.4, -0.2) is 79.5 Å². The minimum absolute atomic E-state index is 0.0282. The van der Waals surface area contributed by atoms with Gasteiger partial charge in [-0.05, 0) is 37.2 Å². The number of aryl methyl sites for hydroxylation is 1. The van der Waals surface area contributed by atoms with Crippen molar-refractivity contribution in [2.24, 2.45) is 5.92 Å². The third-order valence-electron chi connectivity index (χ3n) is 5.75. The molecule has 1 atom stereocenters. The molecule has 150 valence electrons. The second-order valence-electron chi connectivity index (χ2n) is 7.60. The highest BCUT2D eigenvalue weighted by atomic mass is 16.5. The largest absolute Gasteiger partial charge is 0.393 e. The van der Waals surface area contributed by atoms with Gasteiger partial charge in [0.05, 0.1) is 19.3 Å². The van der Waals surface area contributed by atoms with Crippen LogP contribution in [0.2, 0.25) is 0 Å². The number of ether oxygens (including phenoxy) is 1. The number of morpholine rings is 1. The Hall–Kier alpha value is -1.63. The van der Waals surface area contributed by atoms with E-state index in [1.807, 2.05) is 23.1 Å². The maximum Gasteiger partial charge on any atom is 0.317 e. The number of likely N-dealkylation sites (tertiary alicyclic amines) is 1. The number of aliphatic hydroxyl groups excluding tert-OH is 1. The van der Waals surface area contributed by atoms with Crippen molar-refractivity contribution in [3.8, 4) is 0 Å². The van der Waals surface area contributed by atoms with Crippen molar-refractivity contribution >= 4 is 6.03 Å². The lowest BCUT2D eigenvalue weighted by molar-refractivity contribution is 0.0382. The number of piperidine rings is 1. The van der Waals surface area contributed by atoms with Gasteiger partial charge >= 0.3 is 6.03 Å². The lowest BCUT2D eigenvalue weighted by atomic mass is 9.88. The summed E-state index contributed by atoms with van der Waals surface area (Å²) in [6.45, 7) is 6.49. The zero-order chi connectivity index (χ0) is 18.9. The predicted molar refractivity (Wildman–Crippen MR) is 106 cm³/mol. The van der Waals surface area contributed by atoms with E-state index in [-0.39, 0.29) is 12.1 Å². The molecular formula is C21H33N3O3. The zero-order valence-corrected chi connectivity index (χ0v) is 16.2. The molecule has 0 radical (unpaired) electrons. The van der Waals surface area contributed by atoms with Crippen LogP contribution in [0.3, 0.4) is 0 Å². The molecule has 2 aliphatic heterocycles. The number of amides is 2. The second kappa shape index (κ2) is 10.6. The van der Waals surface area contributed by atoms with Gasteiger partial charge in [-0.1, -0.05) is 30.3 Å². The van der Waals surface area contributed by atoms with Crippen LogP contribution in [0.5, 0.6) is 0 Å². The Balaban J connectivity index is 1.31. The molecule has 2 heterocycles. The smallest absolute Gasteiger partial charge is 0.317 e. The van der Waals surface area contributed by atoms with Gasteiger partial charge in [0, 0.05) is 39.3 Å². The van der Waals surface area contributed by atoms with E-state index in [1.54, 1.807) is 0 Å². The summed E-state index contributed by atoms with van der Waals surface area (Å²) in [4.78, 5) is 16.5. The van der Waals surface area contributed by atoms with E-state index in [0.29, 0.717) is 12.5 Å². The van der Waals surface area contributed by atoms with Gasteiger partial charge in [-0.3, -0.25) is 4.90 Å². The van der Waals surface area contributed by atoms with Gasteiger partial charge in [0.15, 0.2) is 0 Å². The van der Waals surface area contributed by atoms with Crippen LogP contribution in [0.25, 0.3) is 0 Å². The van der Waals surface area contributed by atoms with Gasteiger partial charge in [-0.15, -0.1) is 0 Å². The van der Waals surface area contributed by atoms with Gasteiger partial charge in [-0.25, -0.2) is 4.79 Å². The number of urea groups is 1. The van der Waals surface area contributed by atoms with Crippen molar-refractivity contribution in [2.75, 3.05) is 52.5 Å². The quantitative estimate of drug-likeness (QED) is 0.762. The van der Waals surface area contributed by atoms with Crippen molar-refractivity contribution in [1.82, 2.24) is 15.1 Å². The Kier molecular flexibility index (Phi) is 7.93. The number of hydrogen-bond acceptors (Lipinski definition) is 4. The Bertz CT molecular complexity index is 555. The fourth-order valence-electron chi connectivity index (χ4n) is 3.94. The molecule has 3 rings (SSSR count). The number of carbonyl (C=O) groups excluding carboxylic acids is 1. The van der Waals surface area contributed by atoms with Crippen molar-refractivity contribution in [3.63, 3.8) is 0 Å². The number of hydrogen-bond donors (Lipinski definition) is 2. The van der Waals surface area contributed by atoms with Crippen LogP contribution >= 0.6 is 0 Å². The number of nitrogens with zero attached hydrogens (tertiary/aromatic N) is 2. The van der Waals surface area contributed by atoms with Gasteiger partial charge < -0.3 is 20.1 Å². The van der Waals surface area contributed by atoms with Gasteiger partial charge in [-0.2, -0.15) is 0 Å². The standard InChI is InChI=1S/C21H33N3O3/c25-20(7-6-18-4-2-1-3-5-18)19-8-11-24(12-9-19)21(26)22-10-13-23-14-16-27-17-15-23/h1-5,19-20,25H,6-17H2,(H,22,26)/t20-/m0/s1. The zero-order valence-electron chi connectivity index (χ0n) is 16.2. The molecule has 2 fully saturated rings. The fourth-order valence-corrected chi connectivity index (χ4v) is 3.94. The fraction of sp³-hybridized carbons (Fsp3) is 0.667. The summed E-state index contributed by atoms with van der Waals surface area (Å²) in [7, 11) is 0. The Labute approximate surface area is 162 Å². The van der Waals surface area contributed by atoms with E-state index in [1.165, 1.54) is 5.56 Å². The SMILES string of the molecule is O=C(NCCN1CCOCC1)N1CCC([C@@H](O)CCc2ccccc2)CC1. The molecule has 0 unspecified atom stereocenters. The molecule has 2 saturated heterocycles. The van der Waals surface area contributed by atoms with E-state index in [9.17, 15) is 9.90 Å². The Morgan fingerprint density at radius 2 is 1.85 bits per heavy atom. The molecule has 27 heavy (non-hydrogen) atoms. The van der Waals surface area contributed by atoms with Crippen molar-refractivity contribution in [3.05, 3.63) is 35.9 Å². The summed E-state index contributed by atoms with van der Waals surface area (Å²) in [6.07, 6.45) is 3.18. The topological polar surface area (TPSA) is 65.0 Å². The average molecular weight is 376 g/mol. The normalized spacial score (nSPS) is 20.4. The third-order valence-corrected chi connectivity index (χ3v) is 5.75. The van der Waals surface area contributed by atoms with Crippen LogP contribution in [0.1, 0.15) is 24.8 Å². The molecule has 1 aromatic rings. The van der Waals surface area contributed by atoms with Crippen LogP contribution in [0.15, 0.2) is 30.3 Å². The molecule has 1 aromatic carbocycles. The molecule has 6 nitrogen and oxygen atoms in total. The summed E-state index contributed by atoms with van der Waals surface area (Å²) in [5.74, 6) is 0.297. The highest BCUT2D eigenvalue weighted by Gasteiger charge is 2.27. The summed E-state index contributed by atoms with van der Waals surface area (Å²) in [5, 5.41) is 13.5.